The Morgan fingerprint density at radius 1 is 1.24 bits per heavy atom. The number of aryl methyl sites for hydroxylation is 1. The van der Waals surface area contributed by atoms with E-state index < -0.39 is 11.7 Å². The minimum atomic E-state index is -4.36. The molecule has 1 aliphatic carbocycles. The van der Waals surface area contributed by atoms with Crippen molar-refractivity contribution < 1.29 is 18.0 Å². The second-order valence-electron chi connectivity index (χ2n) is 5.52. The number of ketones is 1. The first-order chi connectivity index (χ1) is 9.88. The molecule has 0 aliphatic heterocycles. The summed E-state index contributed by atoms with van der Waals surface area (Å²) in [7, 11) is 0. The fourth-order valence-corrected chi connectivity index (χ4v) is 3.87. The molecule has 1 aromatic rings. The highest BCUT2D eigenvalue weighted by Crippen LogP contribution is 2.32. The highest BCUT2D eigenvalue weighted by atomic mass is 32.2. The van der Waals surface area contributed by atoms with Gasteiger partial charge in [0.1, 0.15) is 0 Å². The minimum absolute atomic E-state index is 0.0724. The van der Waals surface area contributed by atoms with E-state index in [4.69, 9.17) is 0 Å². The van der Waals surface area contributed by atoms with Crippen molar-refractivity contribution in [2.24, 2.45) is 0 Å². The average molecular weight is 316 g/mol. The standard InChI is InChI=1S/C16H19F3OS/c1-11-9-12(16(17,18)19)7-8-14(11)15(20)10-21-13-5-3-2-4-6-13/h7-9,13H,2-6,10H2,1H3. The van der Waals surface area contributed by atoms with Crippen LogP contribution in [0.1, 0.15) is 53.6 Å². The molecular weight excluding hydrogens is 297 g/mol. The summed E-state index contributed by atoms with van der Waals surface area (Å²) in [5.74, 6) is 0.286. The molecule has 0 bridgehead atoms. The van der Waals surface area contributed by atoms with E-state index >= 15 is 0 Å². The Morgan fingerprint density at radius 3 is 2.48 bits per heavy atom. The maximum absolute atomic E-state index is 12.6. The molecule has 0 N–H and O–H groups in total. The van der Waals surface area contributed by atoms with Gasteiger partial charge >= 0.3 is 6.18 Å². The van der Waals surface area contributed by atoms with Crippen molar-refractivity contribution in [1.82, 2.24) is 0 Å². The van der Waals surface area contributed by atoms with Gasteiger partial charge in [0.2, 0.25) is 0 Å². The van der Waals surface area contributed by atoms with Crippen LogP contribution in [0.25, 0.3) is 0 Å². The van der Waals surface area contributed by atoms with Crippen LogP contribution in [0.2, 0.25) is 0 Å². The zero-order chi connectivity index (χ0) is 15.5. The monoisotopic (exact) mass is 316 g/mol. The van der Waals surface area contributed by atoms with Crippen LogP contribution in [-0.2, 0) is 6.18 Å². The van der Waals surface area contributed by atoms with Crippen LogP contribution >= 0.6 is 11.8 Å². The molecule has 0 unspecified atom stereocenters. The van der Waals surface area contributed by atoms with E-state index in [0.29, 0.717) is 22.1 Å². The molecule has 1 aromatic carbocycles. The zero-order valence-electron chi connectivity index (χ0n) is 12.0. The first-order valence-corrected chi connectivity index (χ1v) is 8.25. The SMILES string of the molecule is Cc1cc(C(F)(F)F)ccc1C(=O)CSC1CCCCC1. The van der Waals surface area contributed by atoms with Crippen LogP contribution in [0.3, 0.4) is 0 Å². The number of hydrogen-bond donors (Lipinski definition) is 0. The van der Waals surface area contributed by atoms with Gasteiger partial charge in [-0.2, -0.15) is 24.9 Å². The molecule has 1 nitrogen and oxygen atoms in total. The number of hydrogen-bond acceptors (Lipinski definition) is 2. The Balaban J connectivity index is 1.99. The van der Waals surface area contributed by atoms with Crippen LogP contribution in [0.15, 0.2) is 18.2 Å². The van der Waals surface area contributed by atoms with E-state index in [0.717, 1.165) is 25.0 Å². The lowest BCUT2D eigenvalue weighted by Gasteiger charge is -2.20. The molecule has 1 fully saturated rings. The first-order valence-electron chi connectivity index (χ1n) is 7.20. The maximum Gasteiger partial charge on any atom is 0.416 e. The van der Waals surface area contributed by atoms with Crippen molar-refractivity contribution in [1.29, 1.82) is 0 Å². The summed E-state index contributed by atoms with van der Waals surface area (Å²) in [6, 6.07) is 3.35. The van der Waals surface area contributed by atoms with E-state index in [1.54, 1.807) is 18.7 Å². The first kappa shape index (κ1) is 16.4. The van der Waals surface area contributed by atoms with Gasteiger partial charge < -0.3 is 0 Å². The van der Waals surface area contributed by atoms with Crippen molar-refractivity contribution in [3.8, 4) is 0 Å². The highest BCUT2D eigenvalue weighted by Gasteiger charge is 2.31. The third-order valence-electron chi connectivity index (χ3n) is 3.86. The summed E-state index contributed by atoms with van der Waals surface area (Å²) in [4.78, 5) is 12.2. The van der Waals surface area contributed by atoms with Gasteiger partial charge in [0.05, 0.1) is 11.3 Å². The fourth-order valence-electron chi connectivity index (χ4n) is 2.66. The molecule has 116 valence electrons. The lowest BCUT2D eigenvalue weighted by molar-refractivity contribution is -0.137. The fraction of sp³-hybridized carbons (Fsp3) is 0.562. The molecule has 0 heterocycles. The third kappa shape index (κ3) is 4.50. The predicted octanol–water partition coefficient (Wildman–Crippen LogP) is 5.26. The van der Waals surface area contributed by atoms with Gasteiger partial charge in [-0.15, -0.1) is 0 Å². The summed E-state index contributed by atoms with van der Waals surface area (Å²) in [5, 5.41) is 0.525. The number of benzene rings is 1. The van der Waals surface area contributed by atoms with E-state index in [2.05, 4.69) is 0 Å². The molecule has 2 rings (SSSR count). The number of Topliss-reactive ketones (excluding diaryl/α,β-unsaturated/α-hetero) is 1. The molecule has 0 amide bonds. The number of thioether (sulfide) groups is 1. The number of carbonyl (C=O) groups excluding carboxylic acids is 1. The van der Waals surface area contributed by atoms with Crippen LogP contribution in [-0.4, -0.2) is 16.8 Å². The van der Waals surface area contributed by atoms with Crippen LogP contribution < -0.4 is 0 Å². The second kappa shape index (κ2) is 6.86. The van der Waals surface area contributed by atoms with Crippen molar-refractivity contribution in [2.45, 2.75) is 50.5 Å². The Bertz CT molecular complexity index is 505. The van der Waals surface area contributed by atoms with Crippen LogP contribution in [0.4, 0.5) is 13.2 Å². The summed E-state index contributed by atoms with van der Waals surface area (Å²) in [5.41, 5.74) is 0.113. The molecule has 0 radical (unpaired) electrons. The number of alkyl halides is 3. The van der Waals surface area contributed by atoms with E-state index in [9.17, 15) is 18.0 Å². The molecule has 0 spiro atoms. The molecule has 0 aromatic heterocycles. The Morgan fingerprint density at radius 2 is 1.90 bits per heavy atom. The van der Waals surface area contributed by atoms with Crippen molar-refractivity contribution in [2.75, 3.05) is 5.75 Å². The lowest BCUT2D eigenvalue weighted by atomic mass is 10.0. The van der Waals surface area contributed by atoms with Gasteiger partial charge in [-0.05, 0) is 37.5 Å². The molecule has 0 saturated heterocycles. The van der Waals surface area contributed by atoms with Gasteiger partial charge in [0.15, 0.2) is 5.78 Å². The highest BCUT2D eigenvalue weighted by molar-refractivity contribution is 8.00. The van der Waals surface area contributed by atoms with Crippen LogP contribution in [0.5, 0.6) is 0 Å². The normalized spacial score (nSPS) is 17.0. The smallest absolute Gasteiger partial charge is 0.293 e. The lowest BCUT2D eigenvalue weighted by Crippen LogP contribution is -2.13. The molecule has 21 heavy (non-hydrogen) atoms. The summed E-state index contributed by atoms with van der Waals surface area (Å²) >= 11 is 1.65. The molecule has 5 heteroatoms. The van der Waals surface area contributed by atoms with Gasteiger partial charge in [-0.1, -0.05) is 25.3 Å². The molecule has 0 atom stereocenters. The Labute approximate surface area is 127 Å². The third-order valence-corrected chi connectivity index (χ3v) is 5.23. The van der Waals surface area contributed by atoms with Gasteiger partial charge in [-0.25, -0.2) is 0 Å². The number of halogens is 3. The largest absolute Gasteiger partial charge is 0.416 e. The second-order valence-corrected chi connectivity index (χ2v) is 6.81. The van der Waals surface area contributed by atoms with Gasteiger partial charge in [0.25, 0.3) is 0 Å². The van der Waals surface area contributed by atoms with Crippen LogP contribution in [0, 0.1) is 6.92 Å². The summed E-state index contributed by atoms with van der Waals surface area (Å²) in [6.07, 6.45) is 1.62. The summed E-state index contributed by atoms with van der Waals surface area (Å²) in [6.45, 7) is 1.56. The Kier molecular flexibility index (Phi) is 5.36. The van der Waals surface area contributed by atoms with E-state index in [-0.39, 0.29) is 5.78 Å². The van der Waals surface area contributed by atoms with E-state index in [1.807, 2.05) is 0 Å². The van der Waals surface area contributed by atoms with Gasteiger partial charge in [0, 0.05) is 10.8 Å². The van der Waals surface area contributed by atoms with Crippen molar-refractivity contribution >= 4 is 17.5 Å². The van der Waals surface area contributed by atoms with Gasteiger partial charge in [-0.3, -0.25) is 4.79 Å². The topological polar surface area (TPSA) is 17.1 Å². The molecule has 1 saturated carbocycles. The van der Waals surface area contributed by atoms with E-state index in [1.165, 1.54) is 25.3 Å². The number of carbonyl (C=O) groups is 1. The summed E-state index contributed by atoms with van der Waals surface area (Å²) < 4.78 is 37.8. The number of rotatable bonds is 4. The quantitative estimate of drug-likeness (QED) is 0.705. The maximum atomic E-state index is 12.6. The average Bonchev–Trinajstić information content (AvgIpc) is 2.45. The Hall–Kier alpha value is -0.970. The predicted molar refractivity (Wildman–Crippen MR) is 79.8 cm³/mol. The molecular formula is C16H19F3OS. The molecule has 1 aliphatic rings. The van der Waals surface area contributed by atoms with Crippen molar-refractivity contribution in [3.05, 3.63) is 34.9 Å². The zero-order valence-corrected chi connectivity index (χ0v) is 12.8. The van der Waals surface area contributed by atoms with Crippen molar-refractivity contribution in [3.63, 3.8) is 0 Å². The minimum Gasteiger partial charge on any atom is -0.293 e.